The van der Waals surface area contributed by atoms with Crippen molar-refractivity contribution in [3.05, 3.63) is 72.1 Å². The largest absolute Gasteiger partial charge is 0.382 e. The van der Waals surface area contributed by atoms with Gasteiger partial charge in [-0.3, -0.25) is 14.9 Å². The van der Waals surface area contributed by atoms with Gasteiger partial charge in [-0.15, -0.1) is 0 Å². The molecule has 4 aromatic rings. The molecule has 0 fully saturated rings. The molecule has 5 N–H and O–H groups in total. The van der Waals surface area contributed by atoms with E-state index < -0.39 is 0 Å². The third-order valence-corrected chi connectivity index (χ3v) is 4.03. The summed E-state index contributed by atoms with van der Waals surface area (Å²) < 4.78 is 13.7. The van der Waals surface area contributed by atoms with Crippen LogP contribution in [0, 0.1) is 5.82 Å². The Labute approximate surface area is 159 Å². The number of imidazole rings is 1. The Balaban J connectivity index is 1.64. The topological polar surface area (TPSA) is 125 Å². The van der Waals surface area contributed by atoms with Gasteiger partial charge in [-0.1, -0.05) is 18.2 Å². The van der Waals surface area contributed by atoms with E-state index in [0.717, 1.165) is 0 Å². The van der Waals surface area contributed by atoms with E-state index >= 15 is 0 Å². The van der Waals surface area contributed by atoms with Crippen LogP contribution in [-0.4, -0.2) is 31.1 Å². The third-order valence-electron chi connectivity index (χ3n) is 4.03. The Morgan fingerprint density at radius 3 is 2.79 bits per heavy atom. The van der Waals surface area contributed by atoms with Gasteiger partial charge in [-0.2, -0.15) is 5.10 Å². The van der Waals surface area contributed by atoms with Crippen LogP contribution in [0.5, 0.6) is 0 Å². The van der Waals surface area contributed by atoms with Gasteiger partial charge in [0.2, 0.25) is 0 Å². The zero-order chi connectivity index (χ0) is 19.5. The van der Waals surface area contributed by atoms with Gasteiger partial charge in [0.15, 0.2) is 0 Å². The number of nitrogens with one attached hydrogen (secondary N) is 3. The second-order valence-electron chi connectivity index (χ2n) is 6.02. The monoisotopic (exact) mass is 377 g/mol. The number of anilines is 1. The zero-order valence-electron chi connectivity index (χ0n) is 14.6. The molecule has 0 radical (unpaired) electrons. The van der Waals surface area contributed by atoms with Crippen molar-refractivity contribution in [2.24, 2.45) is 0 Å². The number of aromatic nitrogens is 5. The maximum Gasteiger partial charge on any atom is 0.269 e. The molecule has 4 rings (SSSR count). The standard InChI is InChI=1S/C19H16FN7O/c20-12-5-3-4-11(8-12)17-18(13-6-1-2-7-22-13)25-16(24-17)10-23-19(28)14-9-15(21)27-26-14/h1-9H,10H2,(H,23,28)(H,24,25)(H3,21,26,27). The molecule has 3 heterocycles. The van der Waals surface area contributed by atoms with Crippen LogP contribution in [0.25, 0.3) is 22.6 Å². The van der Waals surface area contributed by atoms with Crippen LogP contribution < -0.4 is 11.1 Å². The van der Waals surface area contributed by atoms with Crippen LogP contribution in [0.2, 0.25) is 0 Å². The summed E-state index contributed by atoms with van der Waals surface area (Å²) in [6.07, 6.45) is 1.66. The number of amides is 1. The highest BCUT2D eigenvalue weighted by Gasteiger charge is 2.16. The average Bonchev–Trinajstić information content (AvgIpc) is 3.33. The Morgan fingerprint density at radius 1 is 1.18 bits per heavy atom. The highest BCUT2D eigenvalue weighted by atomic mass is 19.1. The van der Waals surface area contributed by atoms with E-state index in [4.69, 9.17) is 5.73 Å². The first-order chi connectivity index (χ1) is 13.6. The van der Waals surface area contributed by atoms with Crippen molar-refractivity contribution in [2.45, 2.75) is 6.54 Å². The molecular weight excluding hydrogens is 361 g/mol. The molecule has 1 amide bonds. The van der Waals surface area contributed by atoms with Gasteiger partial charge in [-0.25, -0.2) is 9.37 Å². The molecule has 0 aliphatic carbocycles. The highest BCUT2D eigenvalue weighted by molar-refractivity contribution is 5.92. The van der Waals surface area contributed by atoms with E-state index in [1.165, 1.54) is 18.2 Å². The van der Waals surface area contributed by atoms with E-state index in [1.807, 2.05) is 12.1 Å². The summed E-state index contributed by atoms with van der Waals surface area (Å²) in [5.41, 5.74) is 8.22. The lowest BCUT2D eigenvalue weighted by atomic mass is 10.1. The van der Waals surface area contributed by atoms with Crippen molar-refractivity contribution in [1.29, 1.82) is 0 Å². The summed E-state index contributed by atoms with van der Waals surface area (Å²) in [6, 6.07) is 13.1. The number of rotatable bonds is 5. The molecule has 0 unspecified atom stereocenters. The molecular formula is C19H16FN7O. The maximum absolute atomic E-state index is 13.7. The molecule has 0 bridgehead atoms. The fourth-order valence-corrected chi connectivity index (χ4v) is 2.76. The Bertz CT molecular complexity index is 1120. The molecule has 9 heteroatoms. The molecule has 0 atom stereocenters. The number of pyridine rings is 1. The van der Waals surface area contributed by atoms with E-state index in [2.05, 4.69) is 30.5 Å². The average molecular weight is 377 g/mol. The fourth-order valence-electron chi connectivity index (χ4n) is 2.76. The van der Waals surface area contributed by atoms with Crippen LogP contribution in [0.1, 0.15) is 16.3 Å². The van der Waals surface area contributed by atoms with Crippen molar-refractivity contribution in [1.82, 2.24) is 30.5 Å². The SMILES string of the molecule is Nc1cc(C(=O)NCc2nc(-c3cccc(F)c3)c(-c3ccccn3)[nH]2)[nH]n1. The number of aromatic amines is 2. The van der Waals surface area contributed by atoms with Gasteiger partial charge in [0.05, 0.1) is 23.6 Å². The normalized spacial score (nSPS) is 10.8. The molecule has 0 aliphatic rings. The van der Waals surface area contributed by atoms with Gasteiger partial charge in [0.1, 0.15) is 23.2 Å². The third kappa shape index (κ3) is 3.58. The Hall–Kier alpha value is -4.01. The number of benzene rings is 1. The van der Waals surface area contributed by atoms with Crippen LogP contribution in [-0.2, 0) is 6.54 Å². The molecule has 28 heavy (non-hydrogen) atoms. The van der Waals surface area contributed by atoms with Crippen molar-refractivity contribution in [3.63, 3.8) is 0 Å². The first-order valence-electron chi connectivity index (χ1n) is 8.45. The van der Waals surface area contributed by atoms with Gasteiger partial charge in [-0.05, 0) is 24.3 Å². The summed E-state index contributed by atoms with van der Waals surface area (Å²) >= 11 is 0. The second-order valence-corrected chi connectivity index (χ2v) is 6.02. The summed E-state index contributed by atoms with van der Waals surface area (Å²) in [4.78, 5) is 24.2. The van der Waals surface area contributed by atoms with Crippen LogP contribution in [0.3, 0.4) is 0 Å². The molecule has 0 spiro atoms. The van der Waals surface area contributed by atoms with E-state index in [-0.39, 0.29) is 29.8 Å². The zero-order valence-corrected chi connectivity index (χ0v) is 14.6. The lowest BCUT2D eigenvalue weighted by Crippen LogP contribution is -2.23. The van der Waals surface area contributed by atoms with E-state index in [9.17, 15) is 9.18 Å². The summed E-state index contributed by atoms with van der Waals surface area (Å²) in [7, 11) is 0. The van der Waals surface area contributed by atoms with Crippen molar-refractivity contribution >= 4 is 11.7 Å². The smallest absolute Gasteiger partial charge is 0.269 e. The Kier molecular flexibility index (Phi) is 4.55. The number of carbonyl (C=O) groups excluding carboxylic acids is 1. The molecule has 0 saturated carbocycles. The molecule has 140 valence electrons. The number of nitrogens with two attached hydrogens (primary N) is 1. The predicted molar refractivity (Wildman–Crippen MR) is 101 cm³/mol. The summed E-state index contributed by atoms with van der Waals surface area (Å²) in [5.74, 6) is 0.00109. The number of hydrogen-bond acceptors (Lipinski definition) is 5. The number of carbonyl (C=O) groups is 1. The van der Waals surface area contributed by atoms with E-state index in [1.54, 1.807) is 24.4 Å². The van der Waals surface area contributed by atoms with Gasteiger partial charge < -0.3 is 16.0 Å². The lowest BCUT2D eigenvalue weighted by Gasteiger charge is -2.02. The first kappa shape index (κ1) is 17.4. The minimum absolute atomic E-state index is 0.132. The minimum Gasteiger partial charge on any atom is -0.382 e. The number of nitrogen functional groups attached to an aromatic ring is 1. The van der Waals surface area contributed by atoms with E-state index in [0.29, 0.717) is 28.5 Å². The van der Waals surface area contributed by atoms with Crippen molar-refractivity contribution in [2.75, 3.05) is 5.73 Å². The number of hydrogen-bond donors (Lipinski definition) is 4. The van der Waals surface area contributed by atoms with Crippen LogP contribution >= 0.6 is 0 Å². The number of halogens is 1. The first-order valence-corrected chi connectivity index (χ1v) is 8.45. The van der Waals surface area contributed by atoms with Crippen LogP contribution in [0.15, 0.2) is 54.7 Å². The van der Waals surface area contributed by atoms with Gasteiger partial charge in [0.25, 0.3) is 5.91 Å². The second kappa shape index (κ2) is 7.31. The maximum atomic E-state index is 13.7. The summed E-state index contributed by atoms with van der Waals surface area (Å²) in [6.45, 7) is 0.132. The molecule has 8 nitrogen and oxygen atoms in total. The molecule has 0 aliphatic heterocycles. The molecule has 3 aromatic heterocycles. The Morgan fingerprint density at radius 2 is 2.07 bits per heavy atom. The number of H-pyrrole nitrogens is 2. The number of nitrogens with zero attached hydrogens (tertiary/aromatic N) is 3. The van der Waals surface area contributed by atoms with Crippen molar-refractivity contribution < 1.29 is 9.18 Å². The van der Waals surface area contributed by atoms with Crippen LogP contribution in [0.4, 0.5) is 10.2 Å². The van der Waals surface area contributed by atoms with Gasteiger partial charge in [0, 0.05) is 17.8 Å². The fraction of sp³-hybridized carbons (Fsp3) is 0.0526. The summed E-state index contributed by atoms with van der Waals surface area (Å²) in [5, 5.41) is 9.00. The lowest BCUT2D eigenvalue weighted by molar-refractivity contribution is 0.0945. The molecule has 0 saturated heterocycles. The minimum atomic E-state index is -0.368. The predicted octanol–water partition coefficient (Wildman–Crippen LogP) is 2.51. The highest BCUT2D eigenvalue weighted by Crippen LogP contribution is 2.29. The van der Waals surface area contributed by atoms with Crippen molar-refractivity contribution in [3.8, 4) is 22.6 Å². The quantitative estimate of drug-likeness (QED) is 0.425. The van der Waals surface area contributed by atoms with Gasteiger partial charge >= 0.3 is 0 Å². The molecule has 1 aromatic carbocycles.